The monoisotopic (exact) mass is 312 g/mol. The van der Waals surface area contributed by atoms with Crippen molar-refractivity contribution in [1.29, 1.82) is 0 Å². The number of alkyl halides is 2. The van der Waals surface area contributed by atoms with Crippen molar-refractivity contribution in [3.8, 4) is 0 Å². The second-order valence-corrected chi connectivity index (χ2v) is 5.66. The van der Waals surface area contributed by atoms with Crippen LogP contribution in [0.1, 0.15) is 35.6 Å². The third-order valence-corrected chi connectivity index (χ3v) is 3.93. The molecule has 0 fully saturated rings. The molecule has 1 aliphatic rings. The first-order valence-corrected chi connectivity index (χ1v) is 7.55. The van der Waals surface area contributed by atoms with Gasteiger partial charge in [0.05, 0.1) is 19.2 Å². The molecule has 0 aliphatic heterocycles. The zero-order chi connectivity index (χ0) is 16.1. The van der Waals surface area contributed by atoms with Gasteiger partial charge >= 0.3 is 6.03 Å². The van der Waals surface area contributed by atoms with E-state index in [9.17, 15) is 13.6 Å². The van der Waals surface area contributed by atoms with Crippen molar-refractivity contribution in [3.05, 3.63) is 34.9 Å². The number of nitrogens with zero attached hydrogens (tertiary/aromatic N) is 1. The SMILES string of the molecule is Cc1ccc2c(c1)[C@H](NC(=O)N(CCO)CC(F)F)CCC2. The largest absolute Gasteiger partial charge is 0.395 e. The van der Waals surface area contributed by atoms with Crippen molar-refractivity contribution in [2.75, 3.05) is 19.7 Å². The molecule has 122 valence electrons. The Labute approximate surface area is 129 Å². The van der Waals surface area contributed by atoms with Gasteiger partial charge in [-0.25, -0.2) is 13.6 Å². The van der Waals surface area contributed by atoms with Gasteiger partial charge < -0.3 is 15.3 Å². The van der Waals surface area contributed by atoms with Crippen molar-refractivity contribution < 1.29 is 18.7 Å². The summed E-state index contributed by atoms with van der Waals surface area (Å²) in [6.45, 7) is 0.895. The van der Waals surface area contributed by atoms with Gasteiger partial charge in [-0.3, -0.25) is 0 Å². The van der Waals surface area contributed by atoms with Crippen LogP contribution in [0.3, 0.4) is 0 Å². The van der Waals surface area contributed by atoms with Crippen LogP contribution in [0.15, 0.2) is 18.2 Å². The van der Waals surface area contributed by atoms with Crippen LogP contribution in [0.2, 0.25) is 0 Å². The molecule has 2 rings (SSSR count). The van der Waals surface area contributed by atoms with E-state index in [2.05, 4.69) is 11.4 Å². The van der Waals surface area contributed by atoms with E-state index in [-0.39, 0.29) is 19.2 Å². The van der Waals surface area contributed by atoms with Gasteiger partial charge in [0.1, 0.15) is 0 Å². The Morgan fingerprint density at radius 2 is 2.27 bits per heavy atom. The summed E-state index contributed by atoms with van der Waals surface area (Å²) in [5.41, 5.74) is 3.38. The molecule has 1 atom stereocenters. The lowest BCUT2D eigenvalue weighted by atomic mass is 9.87. The minimum absolute atomic E-state index is 0.0937. The van der Waals surface area contributed by atoms with Gasteiger partial charge in [0.15, 0.2) is 0 Å². The summed E-state index contributed by atoms with van der Waals surface area (Å²) in [6, 6.07) is 5.44. The van der Waals surface area contributed by atoms with Gasteiger partial charge in [-0.15, -0.1) is 0 Å². The number of aryl methyl sites for hydroxylation is 2. The van der Waals surface area contributed by atoms with Crippen molar-refractivity contribution in [2.24, 2.45) is 0 Å². The van der Waals surface area contributed by atoms with E-state index in [4.69, 9.17) is 5.11 Å². The Hall–Kier alpha value is -1.69. The molecule has 1 aromatic carbocycles. The van der Waals surface area contributed by atoms with Crippen molar-refractivity contribution in [2.45, 2.75) is 38.7 Å². The number of amides is 2. The fourth-order valence-corrected chi connectivity index (χ4v) is 2.87. The number of carbonyl (C=O) groups is 1. The summed E-state index contributed by atoms with van der Waals surface area (Å²) in [4.78, 5) is 13.2. The van der Waals surface area contributed by atoms with Gasteiger partial charge in [0, 0.05) is 6.54 Å². The predicted octanol–water partition coefficient (Wildman–Crippen LogP) is 2.64. The highest BCUT2D eigenvalue weighted by Crippen LogP contribution is 2.30. The summed E-state index contributed by atoms with van der Waals surface area (Å²) in [7, 11) is 0. The van der Waals surface area contributed by atoms with E-state index in [0.29, 0.717) is 0 Å². The van der Waals surface area contributed by atoms with Crippen LogP contribution in [0, 0.1) is 6.92 Å². The van der Waals surface area contributed by atoms with E-state index >= 15 is 0 Å². The molecule has 4 nitrogen and oxygen atoms in total. The molecule has 0 spiro atoms. The lowest BCUT2D eigenvalue weighted by Crippen LogP contribution is -2.45. The Bertz CT molecular complexity index is 523. The number of fused-ring (bicyclic) bond motifs is 1. The maximum absolute atomic E-state index is 12.5. The fraction of sp³-hybridized carbons (Fsp3) is 0.562. The summed E-state index contributed by atoms with van der Waals surface area (Å²) in [6.07, 6.45) is 0.109. The molecule has 1 aromatic rings. The fourth-order valence-electron chi connectivity index (χ4n) is 2.87. The number of nitrogens with one attached hydrogen (secondary N) is 1. The highest BCUT2D eigenvalue weighted by Gasteiger charge is 2.25. The third-order valence-electron chi connectivity index (χ3n) is 3.93. The second kappa shape index (κ2) is 7.54. The van der Waals surface area contributed by atoms with E-state index < -0.39 is 19.0 Å². The normalized spacial score (nSPS) is 17.2. The van der Waals surface area contributed by atoms with Crippen LogP contribution in [0.25, 0.3) is 0 Å². The molecule has 0 heterocycles. The highest BCUT2D eigenvalue weighted by atomic mass is 19.3. The maximum atomic E-state index is 12.5. The first kappa shape index (κ1) is 16.7. The Morgan fingerprint density at radius 1 is 1.50 bits per heavy atom. The van der Waals surface area contributed by atoms with Crippen LogP contribution in [-0.4, -0.2) is 42.2 Å². The smallest absolute Gasteiger partial charge is 0.318 e. The van der Waals surface area contributed by atoms with Crippen LogP contribution in [0.5, 0.6) is 0 Å². The Balaban J connectivity index is 2.10. The van der Waals surface area contributed by atoms with E-state index in [1.165, 1.54) is 5.56 Å². The molecule has 2 N–H and O–H groups in total. The molecule has 2 amide bonds. The maximum Gasteiger partial charge on any atom is 0.318 e. The lowest BCUT2D eigenvalue weighted by Gasteiger charge is -2.30. The Kier molecular flexibility index (Phi) is 5.71. The molecule has 22 heavy (non-hydrogen) atoms. The number of halogens is 2. The van der Waals surface area contributed by atoms with E-state index in [1.54, 1.807) is 0 Å². The molecule has 0 aromatic heterocycles. The molecule has 0 bridgehead atoms. The standard InChI is InChI=1S/C16H22F2N2O2/c1-11-5-6-12-3-2-4-14(13(12)9-11)19-16(22)20(7-8-21)10-15(17)18/h5-6,9,14-15,21H,2-4,7-8,10H2,1H3,(H,19,22)/t14-/m1/s1. The number of hydrogen-bond donors (Lipinski definition) is 2. The number of hydrogen-bond acceptors (Lipinski definition) is 2. The van der Waals surface area contributed by atoms with Gasteiger partial charge in [0.2, 0.25) is 0 Å². The van der Waals surface area contributed by atoms with Gasteiger partial charge in [-0.05, 0) is 37.3 Å². The van der Waals surface area contributed by atoms with E-state index in [0.717, 1.165) is 35.3 Å². The summed E-state index contributed by atoms with van der Waals surface area (Å²) in [5.74, 6) is 0. The first-order valence-electron chi connectivity index (χ1n) is 7.55. The predicted molar refractivity (Wildman–Crippen MR) is 80.1 cm³/mol. The molecule has 6 heteroatoms. The number of benzene rings is 1. The Morgan fingerprint density at radius 3 is 2.95 bits per heavy atom. The topological polar surface area (TPSA) is 52.6 Å². The minimum atomic E-state index is -2.61. The zero-order valence-corrected chi connectivity index (χ0v) is 12.7. The van der Waals surface area contributed by atoms with Crippen molar-refractivity contribution in [3.63, 3.8) is 0 Å². The van der Waals surface area contributed by atoms with Gasteiger partial charge in [-0.2, -0.15) is 0 Å². The van der Waals surface area contributed by atoms with Crippen molar-refractivity contribution in [1.82, 2.24) is 10.2 Å². The molecular weight excluding hydrogens is 290 g/mol. The average molecular weight is 312 g/mol. The van der Waals surface area contributed by atoms with E-state index in [1.807, 2.05) is 19.1 Å². The lowest BCUT2D eigenvalue weighted by molar-refractivity contribution is 0.0891. The number of aliphatic hydroxyl groups is 1. The molecular formula is C16H22F2N2O2. The molecule has 0 saturated carbocycles. The third kappa shape index (κ3) is 4.16. The minimum Gasteiger partial charge on any atom is -0.395 e. The summed E-state index contributed by atoms with van der Waals surface area (Å²) < 4.78 is 25.1. The van der Waals surface area contributed by atoms with Gasteiger partial charge in [0.25, 0.3) is 6.43 Å². The van der Waals surface area contributed by atoms with Crippen LogP contribution >= 0.6 is 0 Å². The number of rotatable bonds is 5. The molecule has 0 unspecified atom stereocenters. The highest BCUT2D eigenvalue weighted by molar-refractivity contribution is 5.75. The van der Waals surface area contributed by atoms with Crippen LogP contribution in [-0.2, 0) is 6.42 Å². The second-order valence-electron chi connectivity index (χ2n) is 5.66. The average Bonchev–Trinajstić information content (AvgIpc) is 2.47. The quantitative estimate of drug-likeness (QED) is 0.878. The number of carbonyl (C=O) groups excluding carboxylic acids is 1. The molecule has 0 saturated heterocycles. The number of aliphatic hydroxyl groups excluding tert-OH is 1. The number of urea groups is 1. The summed E-state index contributed by atoms with van der Waals surface area (Å²) in [5, 5.41) is 11.8. The van der Waals surface area contributed by atoms with Crippen LogP contribution in [0.4, 0.5) is 13.6 Å². The molecule has 1 aliphatic carbocycles. The van der Waals surface area contributed by atoms with Crippen molar-refractivity contribution >= 4 is 6.03 Å². The van der Waals surface area contributed by atoms with Crippen LogP contribution < -0.4 is 5.32 Å². The molecule has 0 radical (unpaired) electrons. The first-order chi connectivity index (χ1) is 10.5. The van der Waals surface area contributed by atoms with Gasteiger partial charge in [-0.1, -0.05) is 23.8 Å². The zero-order valence-electron chi connectivity index (χ0n) is 12.7. The summed E-state index contributed by atoms with van der Waals surface area (Å²) >= 11 is 0.